The molecule has 1 aromatic rings. The Balaban J connectivity index is 3.26. The molecule has 0 radical (unpaired) electrons. The first-order valence-electron chi connectivity index (χ1n) is 7.31. The lowest BCUT2D eigenvalue weighted by molar-refractivity contribution is -0.165. The second kappa shape index (κ2) is 6.90. The van der Waals surface area contributed by atoms with E-state index in [1.807, 2.05) is 6.92 Å². The highest BCUT2D eigenvalue weighted by Crippen LogP contribution is 2.35. The molecule has 0 aromatic heterocycles. The summed E-state index contributed by atoms with van der Waals surface area (Å²) in [7, 11) is 0. The van der Waals surface area contributed by atoms with Gasteiger partial charge in [0.05, 0.1) is 6.10 Å². The fourth-order valence-corrected chi connectivity index (χ4v) is 2.50. The number of hydrogen-bond acceptors (Lipinski definition) is 3. The van der Waals surface area contributed by atoms with Crippen molar-refractivity contribution in [1.29, 1.82) is 0 Å². The van der Waals surface area contributed by atoms with E-state index in [-0.39, 0.29) is 6.10 Å². The van der Waals surface area contributed by atoms with Crippen molar-refractivity contribution in [2.45, 2.75) is 52.6 Å². The molecule has 122 valence electrons. The van der Waals surface area contributed by atoms with Crippen molar-refractivity contribution in [1.82, 2.24) is 0 Å². The minimum Gasteiger partial charge on any atom is -0.481 e. The maximum Gasteiger partial charge on any atom is 0.321 e. The quantitative estimate of drug-likeness (QED) is 0.645. The lowest BCUT2D eigenvalue weighted by atomic mass is 9.71. The van der Waals surface area contributed by atoms with Crippen LogP contribution in [-0.2, 0) is 19.7 Å². The van der Waals surface area contributed by atoms with E-state index >= 15 is 0 Å². The topological polar surface area (TPSA) is 63.6 Å². The molecule has 2 unspecified atom stereocenters. The average molecular weight is 310 g/mol. The molecule has 4 nitrogen and oxygen atoms in total. The number of rotatable bonds is 6. The number of benzene rings is 1. The van der Waals surface area contributed by atoms with Gasteiger partial charge in [-0.3, -0.25) is 9.59 Å². The van der Waals surface area contributed by atoms with Gasteiger partial charge in [0, 0.05) is 5.41 Å². The number of aliphatic carboxylic acids is 1. The number of halogens is 1. The number of ether oxygens (including phenoxy) is 1. The molecule has 2 atom stereocenters. The van der Waals surface area contributed by atoms with Gasteiger partial charge in [0.25, 0.3) is 0 Å². The molecule has 22 heavy (non-hydrogen) atoms. The van der Waals surface area contributed by atoms with Crippen LogP contribution in [-0.4, -0.2) is 23.1 Å². The maximum atomic E-state index is 13.5. The molecule has 0 aliphatic rings. The van der Waals surface area contributed by atoms with E-state index in [2.05, 4.69) is 0 Å². The van der Waals surface area contributed by atoms with Crippen molar-refractivity contribution >= 4 is 11.9 Å². The maximum absolute atomic E-state index is 13.5. The Bertz CT molecular complexity index is 566. The molecule has 0 saturated carbocycles. The zero-order chi connectivity index (χ0) is 17.1. The number of carbonyl (C=O) groups excluding carboxylic acids is 1. The molecule has 5 heteroatoms. The number of hydrogen-bond donors (Lipinski definition) is 1. The lowest BCUT2D eigenvalue weighted by Crippen LogP contribution is -2.42. The van der Waals surface area contributed by atoms with Crippen LogP contribution >= 0.6 is 0 Å². The van der Waals surface area contributed by atoms with Gasteiger partial charge in [-0.1, -0.05) is 26.8 Å². The molecule has 0 saturated heterocycles. The molecule has 0 bridgehead atoms. The van der Waals surface area contributed by atoms with Crippen LogP contribution in [0.3, 0.4) is 0 Å². The van der Waals surface area contributed by atoms with E-state index in [0.29, 0.717) is 12.0 Å². The first-order chi connectivity index (χ1) is 10.1. The smallest absolute Gasteiger partial charge is 0.321 e. The third kappa shape index (κ3) is 3.84. The van der Waals surface area contributed by atoms with Crippen LogP contribution in [0.1, 0.15) is 45.2 Å². The Labute approximate surface area is 130 Å². The standard InChI is InChI=1S/C17H23FO4/c1-6-11(3)22-16(21)14(15(19)20)17(4,5)13-9-12(18)8-7-10(13)2/h7-9,11,14H,6H2,1-5H3,(H,19,20). The van der Waals surface area contributed by atoms with Crippen LogP contribution in [0.25, 0.3) is 0 Å². The van der Waals surface area contributed by atoms with E-state index in [4.69, 9.17) is 4.74 Å². The fourth-order valence-electron chi connectivity index (χ4n) is 2.50. The lowest BCUT2D eigenvalue weighted by Gasteiger charge is -2.32. The highest BCUT2D eigenvalue weighted by Gasteiger charge is 2.44. The van der Waals surface area contributed by atoms with Gasteiger partial charge in [-0.15, -0.1) is 0 Å². The van der Waals surface area contributed by atoms with Gasteiger partial charge in [-0.2, -0.15) is 0 Å². The van der Waals surface area contributed by atoms with Gasteiger partial charge < -0.3 is 9.84 Å². The third-order valence-corrected chi connectivity index (χ3v) is 3.99. The van der Waals surface area contributed by atoms with Crippen molar-refractivity contribution in [3.05, 3.63) is 35.1 Å². The highest BCUT2D eigenvalue weighted by atomic mass is 19.1. The van der Waals surface area contributed by atoms with Crippen molar-refractivity contribution < 1.29 is 23.8 Å². The summed E-state index contributed by atoms with van der Waals surface area (Å²) in [5.74, 6) is -3.94. The molecule has 0 aliphatic heterocycles. The number of aryl methyl sites for hydroxylation is 1. The van der Waals surface area contributed by atoms with E-state index in [0.717, 1.165) is 5.56 Å². The SMILES string of the molecule is CCC(C)OC(=O)C(C(=O)O)C(C)(C)c1cc(F)ccc1C. The molecular formula is C17H23FO4. The first kappa shape index (κ1) is 18.1. The summed E-state index contributed by atoms with van der Waals surface area (Å²) in [6.07, 6.45) is 0.232. The zero-order valence-corrected chi connectivity index (χ0v) is 13.6. The normalized spacial score (nSPS) is 14.3. The summed E-state index contributed by atoms with van der Waals surface area (Å²) >= 11 is 0. The van der Waals surface area contributed by atoms with Gasteiger partial charge in [-0.05, 0) is 43.5 Å². The molecule has 1 aromatic carbocycles. The monoisotopic (exact) mass is 310 g/mol. The van der Waals surface area contributed by atoms with Crippen LogP contribution in [0, 0.1) is 18.7 Å². The molecule has 0 spiro atoms. The van der Waals surface area contributed by atoms with Crippen molar-refractivity contribution in [2.24, 2.45) is 5.92 Å². The van der Waals surface area contributed by atoms with Crippen molar-refractivity contribution in [2.75, 3.05) is 0 Å². The molecule has 0 heterocycles. The minimum atomic E-state index is -1.40. The first-order valence-corrected chi connectivity index (χ1v) is 7.31. The molecule has 0 fully saturated rings. The van der Waals surface area contributed by atoms with Crippen LogP contribution in [0.5, 0.6) is 0 Å². The van der Waals surface area contributed by atoms with Crippen molar-refractivity contribution in [3.8, 4) is 0 Å². The molecule has 0 amide bonds. The predicted octanol–water partition coefficient (Wildman–Crippen LogP) is 3.45. The summed E-state index contributed by atoms with van der Waals surface area (Å²) in [5, 5.41) is 9.49. The van der Waals surface area contributed by atoms with Gasteiger partial charge in [-0.25, -0.2) is 4.39 Å². The Hall–Kier alpha value is -1.91. The second-order valence-corrected chi connectivity index (χ2v) is 6.11. The zero-order valence-electron chi connectivity index (χ0n) is 13.6. The average Bonchev–Trinajstić information content (AvgIpc) is 2.40. The van der Waals surface area contributed by atoms with Gasteiger partial charge in [0.2, 0.25) is 0 Å². The summed E-state index contributed by atoms with van der Waals surface area (Å²) in [6.45, 7) is 8.54. The summed E-state index contributed by atoms with van der Waals surface area (Å²) in [5.41, 5.74) is 0.123. The van der Waals surface area contributed by atoms with Crippen LogP contribution < -0.4 is 0 Å². The Morgan fingerprint density at radius 2 is 1.95 bits per heavy atom. The number of esters is 1. The number of carboxylic acid groups (broad SMARTS) is 1. The Morgan fingerprint density at radius 1 is 1.36 bits per heavy atom. The summed E-state index contributed by atoms with van der Waals surface area (Å²) in [4.78, 5) is 23.9. The van der Waals surface area contributed by atoms with E-state index in [1.165, 1.54) is 12.1 Å². The van der Waals surface area contributed by atoms with E-state index in [1.54, 1.807) is 33.8 Å². The van der Waals surface area contributed by atoms with Crippen LogP contribution in [0.15, 0.2) is 18.2 Å². The summed E-state index contributed by atoms with van der Waals surface area (Å²) < 4.78 is 18.7. The minimum absolute atomic E-state index is 0.362. The largest absolute Gasteiger partial charge is 0.481 e. The second-order valence-electron chi connectivity index (χ2n) is 6.11. The highest BCUT2D eigenvalue weighted by molar-refractivity contribution is 5.96. The fraction of sp³-hybridized carbons (Fsp3) is 0.529. The van der Waals surface area contributed by atoms with Crippen LogP contribution in [0.2, 0.25) is 0 Å². The van der Waals surface area contributed by atoms with Gasteiger partial charge in [0.1, 0.15) is 5.82 Å². The third-order valence-electron chi connectivity index (χ3n) is 3.99. The Morgan fingerprint density at radius 3 is 2.45 bits per heavy atom. The number of carbonyl (C=O) groups is 2. The van der Waals surface area contributed by atoms with Gasteiger partial charge in [0.15, 0.2) is 5.92 Å². The predicted molar refractivity (Wildman–Crippen MR) is 81.1 cm³/mol. The van der Waals surface area contributed by atoms with E-state index < -0.39 is 29.1 Å². The van der Waals surface area contributed by atoms with Crippen molar-refractivity contribution in [3.63, 3.8) is 0 Å². The Kier molecular flexibility index (Phi) is 5.69. The van der Waals surface area contributed by atoms with Gasteiger partial charge >= 0.3 is 11.9 Å². The van der Waals surface area contributed by atoms with E-state index in [9.17, 15) is 19.1 Å². The molecule has 1 N–H and O–H groups in total. The van der Waals surface area contributed by atoms with Crippen LogP contribution in [0.4, 0.5) is 4.39 Å². The number of carboxylic acids is 1. The molecular weight excluding hydrogens is 287 g/mol. The summed E-state index contributed by atoms with van der Waals surface area (Å²) in [6, 6.07) is 4.16. The molecule has 1 rings (SSSR count). The molecule has 0 aliphatic carbocycles.